The first kappa shape index (κ1) is 27.5. The third-order valence-corrected chi connectivity index (χ3v) is 9.86. The molecule has 1 atom stereocenters. The number of anilines is 1. The molecular formula is C24H26ClN3O6S3. The van der Waals surface area contributed by atoms with Crippen molar-refractivity contribution >= 4 is 77.1 Å². The van der Waals surface area contributed by atoms with E-state index in [1.54, 1.807) is 16.7 Å². The number of aryl methyl sites for hydroxylation is 1. The van der Waals surface area contributed by atoms with Crippen molar-refractivity contribution in [3.8, 4) is 0 Å². The summed E-state index contributed by atoms with van der Waals surface area (Å²) >= 11 is 8.54. The largest absolute Gasteiger partial charge is 0.465 e. The van der Waals surface area contributed by atoms with Crippen molar-refractivity contribution < 1.29 is 27.5 Å². The first-order valence-electron chi connectivity index (χ1n) is 11.6. The minimum absolute atomic E-state index is 0.273. The van der Waals surface area contributed by atoms with Crippen molar-refractivity contribution in [3.05, 3.63) is 44.0 Å². The zero-order chi connectivity index (χ0) is 26.9. The van der Waals surface area contributed by atoms with E-state index in [-0.39, 0.29) is 10.6 Å². The molecule has 13 heteroatoms. The Morgan fingerprint density at radius 2 is 2.00 bits per heavy atom. The molecule has 4 rings (SSSR count). The summed E-state index contributed by atoms with van der Waals surface area (Å²) in [7, 11) is -2.86. The van der Waals surface area contributed by atoms with Gasteiger partial charge in [-0.15, -0.1) is 11.3 Å². The lowest BCUT2D eigenvalue weighted by Crippen LogP contribution is -2.28. The number of ether oxygens (including phenoxy) is 1. The van der Waals surface area contributed by atoms with E-state index >= 15 is 0 Å². The summed E-state index contributed by atoms with van der Waals surface area (Å²) in [6.07, 6.45) is 2.37. The number of sulfone groups is 1. The van der Waals surface area contributed by atoms with E-state index in [9.17, 15) is 22.8 Å². The molecule has 0 saturated heterocycles. The highest BCUT2D eigenvalue weighted by atomic mass is 35.5. The molecule has 2 heterocycles. The van der Waals surface area contributed by atoms with Gasteiger partial charge in [0.2, 0.25) is 5.91 Å². The Labute approximate surface area is 227 Å². The standard InChI is InChI=1S/C24H26ClN3O6S3/c1-4-28-16-8-6-14(25)10-18(16)36-24(28)27-20(30)12-37(32,33)11-19(29)26-22-21(23(31)34-3)15-7-5-13(2)9-17(15)35-22/h6,8,10,13H,4-5,7,9,11-12H2,1-3H3,(H,26,29). The molecule has 3 aromatic rings. The van der Waals surface area contributed by atoms with Crippen molar-refractivity contribution in [2.75, 3.05) is 23.9 Å². The topological polar surface area (TPSA) is 124 Å². The Kier molecular flexibility index (Phi) is 8.22. The van der Waals surface area contributed by atoms with Gasteiger partial charge in [-0.05, 0) is 55.9 Å². The molecule has 0 aliphatic heterocycles. The van der Waals surface area contributed by atoms with Crippen LogP contribution in [0.1, 0.15) is 41.1 Å². The number of hydrogen-bond donors (Lipinski definition) is 1. The number of carbonyl (C=O) groups is 3. The maximum absolute atomic E-state index is 12.7. The minimum Gasteiger partial charge on any atom is -0.465 e. The summed E-state index contributed by atoms with van der Waals surface area (Å²) < 4.78 is 32.8. The monoisotopic (exact) mass is 583 g/mol. The van der Waals surface area contributed by atoms with E-state index in [1.807, 2.05) is 13.0 Å². The summed E-state index contributed by atoms with van der Waals surface area (Å²) in [5.41, 5.74) is 1.95. The molecule has 0 radical (unpaired) electrons. The molecule has 1 aliphatic rings. The van der Waals surface area contributed by atoms with E-state index in [1.165, 1.54) is 29.8 Å². The number of amides is 2. The number of benzene rings is 1. The van der Waals surface area contributed by atoms with Crippen LogP contribution in [0.4, 0.5) is 5.00 Å². The van der Waals surface area contributed by atoms with Crippen LogP contribution < -0.4 is 10.1 Å². The second-order valence-corrected chi connectivity index (χ2v) is 13.5. The quantitative estimate of drug-likeness (QED) is 0.422. The smallest absolute Gasteiger partial charge is 0.341 e. The molecule has 1 aromatic carbocycles. The summed E-state index contributed by atoms with van der Waals surface area (Å²) in [5, 5.41) is 3.38. The number of fused-ring (bicyclic) bond motifs is 2. The van der Waals surface area contributed by atoms with Gasteiger partial charge in [-0.3, -0.25) is 9.59 Å². The number of nitrogens with zero attached hydrogens (tertiary/aromatic N) is 2. The number of methoxy groups -OCH3 is 1. The maximum atomic E-state index is 12.7. The Morgan fingerprint density at radius 3 is 2.70 bits per heavy atom. The summed E-state index contributed by atoms with van der Waals surface area (Å²) in [4.78, 5) is 43.0. The highest BCUT2D eigenvalue weighted by molar-refractivity contribution is 7.92. The Bertz CT molecular complexity index is 1570. The number of thiazole rings is 1. The van der Waals surface area contributed by atoms with E-state index in [4.69, 9.17) is 16.3 Å². The number of carbonyl (C=O) groups excluding carboxylic acids is 3. The SMILES string of the molecule is CCn1c(=NC(=O)CS(=O)(=O)CC(=O)Nc2sc3c(c2C(=O)OC)CCC(C)C3)sc2cc(Cl)ccc21. The number of thiophene rings is 1. The van der Waals surface area contributed by atoms with Crippen molar-refractivity contribution in [2.24, 2.45) is 10.9 Å². The van der Waals surface area contributed by atoms with Gasteiger partial charge in [-0.25, -0.2) is 13.2 Å². The van der Waals surface area contributed by atoms with E-state index in [0.717, 1.165) is 33.5 Å². The number of halogens is 1. The lowest BCUT2D eigenvalue weighted by atomic mass is 9.88. The zero-order valence-electron chi connectivity index (χ0n) is 20.5. The molecule has 0 bridgehead atoms. The highest BCUT2D eigenvalue weighted by Crippen LogP contribution is 2.40. The van der Waals surface area contributed by atoms with Crippen LogP contribution in [0.25, 0.3) is 10.2 Å². The molecule has 37 heavy (non-hydrogen) atoms. The van der Waals surface area contributed by atoms with Crippen LogP contribution in [0, 0.1) is 5.92 Å². The van der Waals surface area contributed by atoms with Crippen molar-refractivity contribution in [2.45, 2.75) is 39.7 Å². The van der Waals surface area contributed by atoms with Gasteiger partial charge in [0.25, 0.3) is 5.91 Å². The molecular weight excluding hydrogens is 558 g/mol. The summed E-state index contributed by atoms with van der Waals surface area (Å²) in [6, 6.07) is 5.30. The molecule has 198 valence electrons. The molecule has 2 amide bonds. The number of esters is 1. The zero-order valence-corrected chi connectivity index (χ0v) is 23.7. The Hall–Kier alpha value is -2.54. The molecule has 0 spiro atoms. The van der Waals surface area contributed by atoms with Crippen LogP contribution in [0.15, 0.2) is 23.2 Å². The molecule has 9 nitrogen and oxygen atoms in total. The van der Waals surface area contributed by atoms with Crippen LogP contribution in [0.5, 0.6) is 0 Å². The summed E-state index contributed by atoms with van der Waals surface area (Å²) in [5.74, 6) is -3.66. The van der Waals surface area contributed by atoms with Crippen molar-refractivity contribution in [1.82, 2.24) is 4.57 Å². The highest BCUT2D eigenvalue weighted by Gasteiger charge is 2.30. The average Bonchev–Trinajstić information content (AvgIpc) is 3.32. The molecule has 0 fully saturated rings. The number of hydrogen-bond acceptors (Lipinski definition) is 8. The van der Waals surface area contributed by atoms with Crippen LogP contribution in [0.3, 0.4) is 0 Å². The van der Waals surface area contributed by atoms with Crippen molar-refractivity contribution in [1.29, 1.82) is 0 Å². The normalized spacial score (nSPS) is 16.0. The fourth-order valence-electron chi connectivity index (χ4n) is 4.34. The van der Waals surface area contributed by atoms with Crippen LogP contribution in [-0.2, 0) is 43.5 Å². The van der Waals surface area contributed by atoms with E-state index < -0.39 is 39.1 Å². The van der Waals surface area contributed by atoms with Crippen molar-refractivity contribution in [3.63, 3.8) is 0 Å². The first-order valence-corrected chi connectivity index (χ1v) is 15.4. The fraction of sp³-hybridized carbons (Fsp3) is 0.417. The third kappa shape index (κ3) is 6.14. The number of aromatic nitrogens is 1. The first-order chi connectivity index (χ1) is 17.5. The van der Waals surface area contributed by atoms with Crippen LogP contribution in [-0.4, -0.2) is 49.4 Å². The van der Waals surface area contributed by atoms with Gasteiger partial charge < -0.3 is 14.6 Å². The van der Waals surface area contributed by atoms with Crippen LogP contribution >= 0.6 is 34.3 Å². The molecule has 1 N–H and O–H groups in total. The second-order valence-electron chi connectivity index (χ2n) is 8.87. The van der Waals surface area contributed by atoms with E-state index in [0.29, 0.717) is 28.7 Å². The predicted molar refractivity (Wildman–Crippen MR) is 145 cm³/mol. The average molecular weight is 584 g/mol. The lowest BCUT2D eigenvalue weighted by Gasteiger charge is -2.18. The van der Waals surface area contributed by atoms with Gasteiger partial charge in [-0.2, -0.15) is 4.99 Å². The van der Waals surface area contributed by atoms with Gasteiger partial charge >= 0.3 is 5.97 Å². The molecule has 1 aliphatic carbocycles. The molecule has 2 aromatic heterocycles. The predicted octanol–water partition coefficient (Wildman–Crippen LogP) is 3.83. The molecule has 1 unspecified atom stereocenters. The van der Waals surface area contributed by atoms with Gasteiger partial charge in [-0.1, -0.05) is 29.9 Å². The van der Waals surface area contributed by atoms with Crippen LogP contribution in [0.2, 0.25) is 5.02 Å². The van der Waals surface area contributed by atoms with Gasteiger partial charge in [0.1, 0.15) is 16.5 Å². The van der Waals surface area contributed by atoms with Gasteiger partial charge in [0, 0.05) is 16.4 Å². The van der Waals surface area contributed by atoms with Gasteiger partial charge in [0.05, 0.1) is 22.9 Å². The number of rotatable bonds is 7. The maximum Gasteiger partial charge on any atom is 0.341 e. The van der Waals surface area contributed by atoms with E-state index in [2.05, 4.69) is 17.2 Å². The Morgan fingerprint density at radius 1 is 1.24 bits per heavy atom. The Balaban J connectivity index is 1.50. The minimum atomic E-state index is -4.12. The van der Waals surface area contributed by atoms with Gasteiger partial charge in [0.15, 0.2) is 14.6 Å². The second kappa shape index (κ2) is 11.1. The molecule has 0 saturated carbocycles. The fourth-order valence-corrected chi connectivity index (χ4v) is 8.15. The lowest BCUT2D eigenvalue weighted by molar-refractivity contribution is -0.115. The number of nitrogens with one attached hydrogen (secondary N) is 1. The third-order valence-electron chi connectivity index (χ3n) is 6.03. The summed E-state index contributed by atoms with van der Waals surface area (Å²) in [6.45, 7) is 4.52.